The average Bonchev–Trinajstić information content (AvgIpc) is 2.84. The highest BCUT2D eigenvalue weighted by molar-refractivity contribution is 5.93. The maximum absolute atomic E-state index is 13.0. The number of amides is 1. The van der Waals surface area contributed by atoms with Crippen molar-refractivity contribution in [2.24, 2.45) is 0 Å². The molecule has 2 aromatic carbocycles. The fourth-order valence-electron chi connectivity index (χ4n) is 4.36. The first kappa shape index (κ1) is 24.2. The van der Waals surface area contributed by atoms with E-state index in [4.69, 9.17) is 9.15 Å². The zero-order chi connectivity index (χ0) is 24.3. The van der Waals surface area contributed by atoms with Crippen LogP contribution < -0.4 is 10.7 Å². The number of rotatable bonds is 6. The third-order valence-electron chi connectivity index (χ3n) is 6.53. The van der Waals surface area contributed by atoms with Crippen LogP contribution in [-0.4, -0.2) is 43.7 Å². The minimum absolute atomic E-state index is 0.00107. The normalized spacial score (nSPS) is 15.9. The molecule has 0 aliphatic carbocycles. The molecule has 2 heterocycles. The Morgan fingerprint density at radius 3 is 2.41 bits per heavy atom. The number of hydrogen-bond acceptors (Lipinski definition) is 5. The van der Waals surface area contributed by atoms with E-state index < -0.39 is 0 Å². The van der Waals surface area contributed by atoms with Crippen LogP contribution in [0.25, 0.3) is 11.0 Å². The smallest absolute Gasteiger partial charge is 0.287 e. The third-order valence-corrected chi connectivity index (χ3v) is 6.53. The summed E-state index contributed by atoms with van der Waals surface area (Å²) in [5.41, 5.74) is 3.77. The van der Waals surface area contributed by atoms with E-state index in [-0.39, 0.29) is 28.6 Å². The molecule has 0 unspecified atom stereocenters. The predicted octanol–water partition coefficient (Wildman–Crippen LogP) is 4.46. The summed E-state index contributed by atoms with van der Waals surface area (Å²) in [5, 5.41) is 3.50. The van der Waals surface area contributed by atoms with Crippen molar-refractivity contribution in [3.8, 4) is 0 Å². The SMILES string of the molecule is CCc1ccc2oc(C(=O)NC[C@H](c3ccc(C(C)(C)C)cc3)N3CCOCC3)cc(=O)c2c1. The minimum Gasteiger partial charge on any atom is -0.451 e. The van der Waals surface area contributed by atoms with Crippen molar-refractivity contribution in [1.82, 2.24) is 10.2 Å². The summed E-state index contributed by atoms with van der Waals surface area (Å²) in [5.74, 6) is -0.353. The number of benzene rings is 2. The van der Waals surface area contributed by atoms with Gasteiger partial charge in [-0.15, -0.1) is 0 Å². The van der Waals surface area contributed by atoms with E-state index in [0.717, 1.165) is 30.6 Å². The van der Waals surface area contributed by atoms with Gasteiger partial charge in [-0.05, 0) is 40.7 Å². The first-order valence-corrected chi connectivity index (χ1v) is 12.0. The lowest BCUT2D eigenvalue weighted by Gasteiger charge is -2.35. The van der Waals surface area contributed by atoms with Crippen molar-refractivity contribution in [3.05, 3.63) is 81.2 Å². The van der Waals surface area contributed by atoms with E-state index in [1.54, 1.807) is 6.07 Å². The first-order valence-electron chi connectivity index (χ1n) is 12.0. The number of aryl methyl sites for hydroxylation is 1. The number of carbonyl (C=O) groups excluding carboxylic acids is 1. The molecule has 1 amide bonds. The van der Waals surface area contributed by atoms with Crippen LogP contribution in [-0.2, 0) is 16.6 Å². The number of hydrogen-bond donors (Lipinski definition) is 1. The molecule has 1 saturated heterocycles. The van der Waals surface area contributed by atoms with Crippen LogP contribution in [0.4, 0.5) is 0 Å². The van der Waals surface area contributed by atoms with E-state index in [1.807, 2.05) is 19.1 Å². The molecule has 1 fully saturated rings. The van der Waals surface area contributed by atoms with Crippen molar-refractivity contribution in [2.75, 3.05) is 32.8 Å². The van der Waals surface area contributed by atoms with Crippen LogP contribution in [0.2, 0.25) is 0 Å². The molecule has 1 aliphatic heterocycles. The Morgan fingerprint density at radius 2 is 1.76 bits per heavy atom. The molecule has 4 rings (SSSR count). The van der Waals surface area contributed by atoms with E-state index in [1.165, 1.54) is 11.6 Å². The molecule has 6 nitrogen and oxygen atoms in total. The molecule has 1 aromatic heterocycles. The number of morpholine rings is 1. The largest absolute Gasteiger partial charge is 0.451 e. The number of nitrogens with zero attached hydrogens (tertiary/aromatic N) is 1. The Bertz CT molecular complexity index is 1200. The molecule has 34 heavy (non-hydrogen) atoms. The Labute approximate surface area is 200 Å². The lowest BCUT2D eigenvalue weighted by Crippen LogP contribution is -2.43. The highest BCUT2D eigenvalue weighted by Gasteiger charge is 2.25. The molecular formula is C28H34N2O4. The van der Waals surface area contributed by atoms with Gasteiger partial charge < -0.3 is 14.5 Å². The van der Waals surface area contributed by atoms with E-state index in [9.17, 15) is 9.59 Å². The second kappa shape index (κ2) is 10.1. The minimum atomic E-state index is -0.386. The number of carbonyl (C=O) groups is 1. The summed E-state index contributed by atoms with van der Waals surface area (Å²) in [7, 11) is 0. The average molecular weight is 463 g/mol. The van der Waals surface area contributed by atoms with Gasteiger partial charge in [0.25, 0.3) is 5.91 Å². The standard InChI is InChI=1S/C28H34N2O4/c1-5-19-6-11-25-22(16-19)24(31)17-26(34-25)27(32)29-18-23(30-12-14-33-15-13-30)20-7-9-21(10-8-20)28(2,3)4/h6-11,16-17,23H,5,12-15,18H2,1-4H3,(H,29,32)/t23-/m1/s1. The van der Waals surface area contributed by atoms with Crippen LogP contribution in [0.5, 0.6) is 0 Å². The van der Waals surface area contributed by atoms with Gasteiger partial charge in [-0.3, -0.25) is 14.5 Å². The van der Waals surface area contributed by atoms with Crippen molar-refractivity contribution < 1.29 is 13.9 Å². The van der Waals surface area contributed by atoms with Crippen LogP contribution in [0.3, 0.4) is 0 Å². The lowest BCUT2D eigenvalue weighted by molar-refractivity contribution is 0.0161. The fourth-order valence-corrected chi connectivity index (χ4v) is 4.36. The van der Waals surface area contributed by atoms with Crippen molar-refractivity contribution in [3.63, 3.8) is 0 Å². The Kier molecular flexibility index (Phi) is 7.19. The van der Waals surface area contributed by atoms with Crippen LogP contribution in [0, 0.1) is 0 Å². The molecule has 0 bridgehead atoms. The maximum atomic E-state index is 13.0. The second-order valence-electron chi connectivity index (χ2n) is 9.91. The molecule has 1 N–H and O–H groups in total. The van der Waals surface area contributed by atoms with Gasteiger partial charge in [-0.25, -0.2) is 0 Å². The maximum Gasteiger partial charge on any atom is 0.287 e. The summed E-state index contributed by atoms with van der Waals surface area (Å²) >= 11 is 0. The van der Waals surface area contributed by atoms with E-state index in [2.05, 4.69) is 55.3 Å². The van der Waals surface area contributed by atoms with Crippen molar-refractivity contribution >= 4 is 16.9 Å². The van der Waals surface area contributed by atoms with E-state index in [0.29, 0.717) is 30.7 Å². The number of nitrogens with one attached hydrogen (secondary N) is 1. The van der Waals surface area contributed by atoms with Gasteiger partial charge in [-0.2, -0.15) is 0 Å². The Morgan fingerprint density at radius 1 is 1.06 bits per heavy atom. The highest BCUT2D eigenvalue weighted by Crippen LogP contribution is 2.27. The van der Waals surface area contributed by atoms with Gasteiger partial charge >= 0.3 is 0 Å². The van der Waals surface area contributed by atoms with Gasteiger partial charge in [0, 0.05) is 25.7 Å². The lowest BCUT2D eigenvalue weighted by atomic mass is 9.86. The van der Waals surface area contributed by atoms with E-state index >= 15 is 0 Å². The molecule has 1 atom stereocenters. The van der Waals surface area contributed by atoms with Gasteiger partial charge in [0.2, 0.25) is 0 Å². The summed E-state index contributed by atoms with van der Waals surface area (Å²) in [4.78, 5) is 27.9. The Hall–Kier alpha value is -2.96. The monoisotopic (exact) mass is 462 g/mol. The van der Waals surface area contributed by atoms with Crippen LogP contribution in [0.1, 0.15) is 61.0 Å². The van der Waals surface area contributed by atoms with Gasteiger partial charge in [0.05, 0.1) is 24.6 Å². The van der Waals surface area contributed by atoms with Gasteiger partial charge in [0.15, 0.2) is 11.2 Å². The molecular weight excluding hydrogens is 428 g/mol. The summed E-state index contributed by atoms with van der Waals surface area (Å²) in [6, 6.07) is 15.4. The number of ether oxygens (including phenoxy) is 1. The van der Waals surface area contributed by atoms with Crippen LogP contribution >= 0.6 is 0 Å². The summed E-state index contributed by atoms with van der Waals surface area (Å²) in [6.45, 7) is 12.0. The molecule has 0 radical (unpaired) electrons. The third kappa shape index (κ3) is 5.40. The summed E-state index contributed by atoms with van der Waals surface area (Å²) in [6.07, 6.45) is 0.831. The highest BCUT2D eigenvalue weighted by atomic mass is 16.5. The predicted molar refractivity (Wildman–Crippen MR) is 134 cm³/mol. The topological polar surface area (TPSA) is 71.8 Å². The number of fused-ring (bicyclic) bond motifs is 1. The Balaban J connectivity index is 1.55. The fraction of sp³-hybridized carbons (Fsp3) is 0.429. The summed E-state index contributed by atoms with van der Waals surface area (Å²) < 4.78 is 11.3. The van der Waals surface area contributed by atoms with Gasteiger partial charge in [0.1, 0.15) is 5.58 Å². The molecule has 1 aliphatic rings. The van der Waals surface area contributed by atoms with Crippen molar-refractivity contribution in [2.45, 2.75) is 45.6 Å². The molecule has 6 heteroatoms. The quantitative estimate of drug-likeness (QED) is 0.586. The molecule has 180 valence electrons. The molecule has 0 spiro atoms. The first-order chi connectivity index (χ1) is 16.3. The zero-order valence-corrected chi connectivity index (χ0v) is 20.5. The molecule has 0 saturated carbocycles. The van der Waals surface area contributed by atoms with Gasteiger partial charge in [-0.1, -0.05) is 58.0 Å². The molecule has 3 aromatic rings. The second-order valence-corrected chi connectivity index (χ2v) is 9.91. The zero-order valence-electron chi connectivity index (χ0n) is 20.5. The van der Waals surface area contributed by atoms with Crippen LogP contribution in [0.15, 0.2) is 57.7 Å². The van der Waals surface area contributed by atoms with Crippen molar-refractivity contribution in [1.29, 1.82) is 0 Å².